The first-order chi connectivity index (χ1) is 16.7. The van der Waals surface area contributed by atoms with Crippen molar-refractivity contribution in [3.8, 4) is 11.8 Å². The lowest BCUT2D eigenvalue weighted by Gasteiger charge is -2.24. The molecule has 0 saturated heterocycles. The van der Waals surface area contributed by atoms with Crippen LogP contribution in [-0.4, -0.2) is 28.5 Å². The van der Waals surface area contributed by atoms with E-state index in [-0.39, 0.29) is 17.8 Å². The summed E-state index contributed by atoms with van der Waals surface area (Å²) in [5, 5.41) is 15.5. The zero-order valence-electron chi connectivity index (χ0n) is 19.2. The van der Waals surface area contributed by atoms with Crippen molar-refractivity contribution in [1.82, 2.24) is 15.3 Å². The summed E-state index contributed by atoms with van der Waals surface area (Å²) in [5.41, 5.74) is 2.59. The Hall–Kier alpha value is -3.92. The number of aromatic nitrogens is 2. The minimum atomic E-state index is -0.245. The van der Waals surface area contributed by atoms with Crippen molar-refractivity contribution in [2.45, 2.75) is 51.2 Å². The molecule has 0 radical (unpaired) electrons. The molecule has 1 fully saturated rings. The first kappa shape index (κ1) is 23.2. The minimum Gasteiger partial charge on any atom is -0.489 e. The SMILES string of the molecule is N#Cc1ncc(C(=O)NCCc2ccc(OCc3ccccc3)cc2)c(NC2CCCCC2)n1. The third-order valence-electron chi connectivity index (χ3n) is 5.95. The third-order valence-corrected chi connectivity index (χ3v) is 5.95. The summed E-state index contributed by atoms with van der Waals surface area (Å²) >= 11 is 0. The monoisotopic (exact) mass is 455 g/mol. The normalized spacial score (nSPS) is 13.6. The summed E-state index contributed by atoms with van der Waals surface area (Å²) in [6.07, 6.45) is 7.75. The van der Waals surface area contributed by atoms with Gasteiger partial charge in [0.05, 0.1) is 0 Å². The smallest absolute Gasteiger partial charge is 0.256 e. The Labute approximate surface area is 200 Å². The van der Waals surface area contributed by atoms with Crippen molar-refractivity contribution in [3.63, 3.8) is 0 Å². The summed E-state index contributed by atoms with van der Waals surface area (Å²) in [6, 6.07) is 20.2. The first-order valence-electron chi connectivity index (χ1n) is 11.8. The Morgan fingerprint density at radius 1 is 1.03 bits per heavy atom. The van der Waals surface area contributed by atoms with Crippen molar-refractivity contribution in [2.75, 3.05) is 11.9 Å². The number of amides is 1. The number of anilines is 1. The fraction of sp³-hybridized carbons (Fsp3) is 0.333. The number of carbonyl (C=O) groups excluding carboxylic acids is 1. The van der Waals surface area contributed by atoms with Crippen molar-refractivity contribution in [3.05, 3.63) is 83.3 Å². The second kappa shape index (κ2) is 11.8. The summed E-state index contributed by atoms with van der Waals surface area (Å²) in [5.74, 6) is 1.07. The summed E-state index contributed by atoms with van der Waals surface area (Å²) < 4.78 is 5.83. The molecule has 1 amide bonds. The van der Waals surface area contributed by atoms with Gasteiger partial charge >= 0.3 is 0 Å². The van der Waals surface area contributed by atoms with E-state index in [1.54, 1.807) is 0 Å². The fourth-order valence-electron chi connectivity index (χ4n) is 4.06. The van der Waals surface area contributed by atoms with E-state index >= 15 is 0 Å². The van der Waals surface area contributed by atoms with E-state index in [1.165, 1.54) is 12.6 Å². The van der Waals surface area contributed by atoms with Crippen molar-refractivity contribution in [1.29, 1.82) is 5.26 Å². The van der Waals surface area contributed by atoms with E-state index < -0.39 is 0 Å². The van der Waals surface area contributed by atoms with Gasteiger partial charge in [-0.1, -0.05) is 61.7 Å². The van der Waals surface area contributed by atoms with E-state index in [1.807, 2.05) is 60.7 Å². The maximum absolute atomic E-state index is 12.8. The standard InChI is InChI=1S/C27H29N5O2/c28-17-25-30-18-24(26(32-25)31-22-9-5-2-6-10-22)27(33)29-16-15-20-11-13-23(14-12-20)34-19-21-7-3-1-4-8-21/h1,3-4,7-8,11-14,18,22H,2,5-6,9-10,15-16,19H2,(H,29,33)(H,30,31,32). The molecule has 1 heterocycles. The summed E-state index contributed by atoms with van der Waals surface area (Å²) in [6.45, 7) is 1.01. The third kappa shape index (κ3) is 6.55. The molecule has 0 bridgehead atoms. The van der Waals surface area contributed by atoms with Crippen molar-refractivity contribution in [2.24, 2.45) is 0 Å². The highest BCUT2D eigenvalue weighted by atomic mass is 16.5. The van der Waals surface area contributed by atoms with Gasteiger partial charge in [0.25, 0.3) is 5.91 Å². The molecule has 3 aromatic rings. The van der Waals surface area contributed by atoms with Crippen LogP contribution in [0, 0.1) is 11.3 Å². The van der Waals surface area contributed by atoms with Gasteiger partial charge in [-0.2, -0.15) is 5.26 Å². The van der Waals surface area contributed by atoms with Crippen LogP contribution in [0.15, 0.2) is 60.8 Å². The average molecular weight is 456 g/mol. The van der Waals surface area contributed by atoms with Crippen LogP contribution >= 0.6 is 0 Å². The molecular weight excluding hydrogens is 426 g/mol. The number of carbonyl (C=O) groups is 1. The molecule has 7 nitrogen and oxygen atoms in total. The van der Waals surface area contributed by atoms with E-state index in [9.17, 15) is 4.79 Å². The lowest BCUT2D eigenvalue weighted by Crippen LogP contribution is -2.29. The van der Waals surface area contributed by atoms with Crippen LogP contribution in [-0.2, 0) is 13.0 Å². The number of rotatable bonds is 9. The minimum absolute atomic E-state index is 0.0597. The van der Waals surface area contributed by atoms with Gasteiger partial charge in [0, 0.05) is 18.8 Å². The molecule has 2 N–H and O–H groups in total. The number of nitriles is 1. The average Bonchev–Trinajstić information content (AvgIpc) is 2.89. The maximum atomic E-state index is 12.8. The van der Waals surface area contributed by atoms with E-state index in [4.69, 9.17) is 10.00 Å². The zero-order valence-corrected chi connectivity index (χ0v) is 19.2. The highest BCUT2D eigenvalue weighted by Gasteiger charge is 2.19. The van der Waals surface area contributed by atoms with Gasteiger partial charge in [0.1, 0.15) is 29.8 Å². The number of ether oxygens (including phenoxy) is 1. The van der Waals surface area contributed by atoms with Crippen LogP contribution in [0.4, 0.5) is 5.82 Å². The molecule has 7 heteroatoms. The van der Waals surface area contributed by atoms with Gasteiger partial charge in [0.2, 0.25) is 5.82 Å². The quantitative estimate of drug-likeness (QED) is 0.487. The Kier molecular flexibility index (Phi) is 8.07. The van der Waals surface area contributed by atoms with Crippen LogP contribution in [0.1, 0.15) is 59.4 Å². The Balaban J connectivity index is 1.30. The van der Waals surface area contributed by atoms with Crippen LogP contribution < -0.4 is 15.4 Å². The van der Waals surface area contributed by atoms with Crippen LogP contribution in [0.2, 0.25) is 0 Å². The van der Waals surface area contributed by atoms with E-state index in [0.717, 1.165) is 42.6 Å². The van der Waals surface area contributed by atoms with Crippen LogP contribution in [0.5, 0.6) is 5.75 Å². The van der Waals surface area contributed by atoms with Crippen molar-refractivity contribution < 1.29 is 9.53 Å². The van der Waals surface area contributed by atoms with Gasteiger partial charge in [-0.3, -0.25) is 4.79 Å². The number of benzene rings is 2. The molecule has 34 heavy (non-hydrogen) atoms. The molecule has 1 aliphatic rings. The summed E-state index contributed by atoms with van der Waals surface area (Å²) in [7, 11) is 0. The predicted molar refractivity (Wildman–Crippen MR) is 130 cm³/mol. The fourth-order valence-corrected chi connectivity index (χ4v) is 4.06. The predicted octanol–water partition coefficient (Wildman–Crippen LogP) is 4.64. The molecule has 1 saturated carbocycles. The van der Waals surface area contributed by atoms with Gasteiger partial charge in [-0.05, 0) is 42.5 Å². The van der Waals surface area contributed by atoms with Crippen LogP contribution in [0.25, 0.3) is 0 Å². The molecule has 2 aromatic carbocycles. The Morgan fingerprint density at radius 3 is 2.53 bits per heavy atom. The Morgan fingerprint density at radius 2 is 1.79 bits per heavy atom. The van der Waals surface area contributed by atoms with Gasteiger partial charge in [-0.15, -0.1) is 0 Å². The highest BCUT2D eigenvalue weighted by molar-refractivity contribution is 5.98. The molecule has 0 aliphatic heterocycles. The lowest BCUT2D eigenvalue weighted by atomic mass is 9.95. The van der Waals surface area contributed by atoms with E-state index in [0.29, 0.717) is 31.0 Å². The molecule has 4 rings (SSSR count). The zero-order chi connectivity index (χ0) is 23.6. The van der Waals surface area contributed by atoms with Crippen LogP contribution in [0.3, 0.4) is 0 Å². The maximum Gasteiger partial charge on any atom is 0.256 e. The summed E-state index contributed by atoms with van der Waals surface area (Å²) in [4.78, 5) is 21.1. The van der Waals surface area contributed by atoms with Gasteiger partial charge in [-0.25, -0.2) is 9.97 Å². The first-order valence-corrected chi connectivity index (χ1v) is 11.8. The topological polar surface area (TPSA) is 99.9 Å². The molecular formula is C27H29N5O2. The number of nitrogens with zero attached hydrogens (tertiary/aromatic N) is 3. The van der Waals surface area contributed by atoms with Gasteiger partial charge in [0.15, 0.2) is 0 Å². The van der Waals surface area contributed by atoms with Gasteiger partial charge < -0.3 is 15.4 Å². The second-order valence-electron chi connectivity index (χ2n) is 8.47. The Bertz CT molecular complexity index is 1120. The molecule has 0 unspecified atom stereocenters. The number of hydrogen-bond donors (Lipinski definition) is 2. The largest absolute Gasteiger partial charge is 0.489 e. The second-order valence-corrected chi connectivity index (χ2v) is 8.47. The number of hydrogen-bond acceptors (Lipinski definition) is 6. The molecule has 174 valence electrons. The van der Waals surface area contributed by atoms with E-state index in [2.05, 4.69) is 20.6 Å². The lowest BCUT2D eigenvalue weighted by molar-refractivity contribution is 0.0954. The molecule has 0 atom stereocenters. The van der Waals surface area contributed by atoms with Crippen molar-refractivity contribution >= 4 is 11.7 Å². The number of nitrogens with one attached hydrogen (secondary N) is 2. The molecule has 0 spiro atoms. The molecule has 1 aromatic heterocycles. The molecule has 1 aliphatic carbocycles. The highest BCUT2D eigenvalue weighted by Crippen LogP contribution is 2.22.